The normalized spacial score (nSPS) is 12.6. The van der Waals surface area contributed by atoms with E-state index in [9.17, 15) is 8.78 Å². The second kappa shape index (κ2) is 5.80. The van der Waals surface area contributed by atoms with E-state index in [4.69, 9.17) is 15.9 Å². The van der Waals surface area contributed by atoms with Crippen molar-refractivity contribution in [3.8, 4) is 5.75 Å². The van der Waals surface area contributed by atoms with Crippen molar-refractivity contribution in [1.29, 1.82) is 5.41 Å². The van der Waals surface area contributed by atoms with Crippen LogP contribution in [-0.4, -0.2) is 11.9 Å². The maximum Gasteiger partial charge on any atom is 0.191 e. The molecule has 1 aromatic rings. The molecule has 0 aliphatic rings. The maximum absolute atomic E-state index is 13.7. The first-order valence-electron chi connectivity index (χ1n) is 5.81. The number of nitrogen functional groups attached to an aromatic ring is 1. The zero-order chi connectivity index (χ0) is 13.9. The number of nitrogens with two attached hydrogens (primary N) is 1. The Bertz CT molecular complexity index is 424. The summed E-state index contributed by atoms with van der Waals surface area (Å²) in [7, 11) is 0. The number of amidine groups is 1. The van der Waals surface area contributed by atoms with Gasteiger partial charge in [-0.2, -0.15) is 0 Å². The van der Waals surface area contributed by atoms with Crippen LogP contribution >= 0.6 is 0 Å². The van der Waals surface area contributed by atoms with Gasteiger partial charge in [0.1, 0.15) is 5.84 Å². The van der Waals surface area contributed by atoms with E-state index >= 15 is 0 Å². The lowest BCUT2D eigenvalue weighted by Gasteiger charge is -2.17. The van der Waals surface area contributed by atoms with Gasteiger partial charge in [0.25, 0.3) is 0 Å². The quantitative estimate of drug-likeness (QED) is 0.628. The van der Waals surface area contributed by atoms with Crippen LogP contribution in [0.2, 0.25) is 0 Å². The third-order valence-corrected chi connectivity index (χ3v) is 2.43. The summed E-state index contributed by atoms with van der Waals surface area (Å²) < 4.78 is 32.6. The smallest absolute Gasteiger partial charge is 0.191 e. The molecule has 0 aliphatic carbocycles. The van der Waals surface area contributed by atoms with Crippen LogP contribution in [-0.2, 0) is 0 Å². The fourth-order valence-electron chi connectivity index (χ4n) is 1.74. The van der Waals surface area contributed by atoms with Crippen molar-refractivity contribution in [3.63, 3.8) is 0 Å². The van der Waals surface area contributed by atoms with E-state index < -0.39 is 17.4 Å². The number of benzene rings is 1. The fraction of sp³-hybridized carbons (Fsp3) is 0.462. The zero-order valence-electron chi connectivity index (χ0n) is 10.8. The van der Waals surface area contributed by atoms with Crippen LogP contribution in [0.5, 0.6) is 5.75 Å². The van der Waals surface area contributed by atoms with E-state index in [0.717, 1.165) is 12.1 Å². The first-order chi connectivity index (χ1) is 8.31. The van der Waals surface area contributed by atoms with E-state index in [1.54, 1.807) is 6.92 Å². The minimum Gasteiger partial charge on any atom is -0.485 e. The molecule has 1 aromatic carbocycles. The fourth-order valence-corrected chi connectivity index (χ4v) is 1.74. The van der Waals surface area contributed by atoms with Gasteiger partial charge < -0.3 is 10.5 Å². The molecule has 100 valence electrons. The van der Waals surface area contributed by atoms with Crippen LogP contribution in [0.25, 0.3) is 0 Å². The molecule has 3 nitrogen and oxygen atoms in total. The highest BCUT2D eigenvalue weighted by Crippen LogP contribution is 2.25. The highest BCUT2D eigenvalue weighted by molar-refractivity contribution is 5.95. The van der Waals surface area contributed by atoms with Crippen molar-refractivity contribution >= 4 is 5.84 Å². The van der Waals surface area contributed by atoms with Gasteiger partial charge in [-0.25, -0.2) is 8.78 Å². The number of ether oxygens (including phenoxy) is 1. The standard InChI is InChI=1S/C13H18F2N2O/c1-7(2)4-8(3)18-12-10(14)5-9(13(16)17)6-11(12)15/h5-8H,4H2,1-3H3,(H3,16,17). The van der Waals surface area contributed by atoms with Crippen molar-refractivity contribution in [2.75, 3.05) is 0 Å². The number of halogens is 2. The molecule has 1 rings (SSSR count). The van der Waals surface area contributed by atoms with Gasteiger partial charge in [0.15, 0.2) is 17.4 Å². The van der Waals surface area contributed by atoms with Gasteiger partial charge in [-0.15, -0.1) is 0 Å². The Labute approximate surface area is 105 Å². The van der Waals surface area contributed by atoms with E-state index in [2.05, 4.69) is 0 Å². The summed E-state index contributed by atoms with van der Waals surface area (Å²) >= 11 is 0. The molecular formula is C13H18F2N2O. The largest absolute Gasteiger partial charge is 0.485 e. The molecular weight excluding hydrogens is 238 g/mol. The Hall–Kier alpha value is -1.65. The predicted octanol–water partition coefficient (Wildman–Crippen LogP) is 3.06. The summed E-state index contributed by atoms with van der Waals surface area (Å²) in [4.78, 5) is 0. The molecule has 0 amide bonds. The molecule has 0 saturated carbocycles. The summed E-state index contributed by atoms with van der Waals surface area (Å²) in [6.45, 7) is 5.77. The summed E-state index contributed by atoms with van der Waals surface area (Å²) in [6, 6.07) is 2.01. The topological polar surface area (TPSA) is 59.1 Å². The van der Waals surface area contributed by atoms with Gasteiger partial charge in [0, 0.05) is 5.56 Å². The number of hydrogen-bond donors (Lipinski definition) is 2. The Morgan fingerprint density at radius 1 is 1.28 bits per heavy atom. The van der Waals surface area contributed by atoms with Crippen LogP contribution in [0, 0.1) is 23.0 Å². The van der Waals surface area contributed by atoms with Gasteiger partial charge in [0.05, 0.1) is 6.10 Å². The molecule has 0 saturated heterocycles. The Balaban J connectivity index is 2.93. The highest BCUT2D eigenvalue weighted by atomic mass is 19.1. The summed E-state index contributed by atoms with van der Waals surface area (Å²) in [5.41, 5.74) is 5.19. The van der Waals surface area contributed by atoms with Crippen molar-refractivity contribution in [1.82, 2.24) is 0 Å². The number of nitrogens with one attached hydrogen (secondary N) is 1. The summed E-state index contributed by atoms with van der Waals surface area (Å²) in [6.07, 6.45) is 0.421. The van der Waals surface area contributed by atoms with Crippen LogP contribution < -0.4 is 10.5 Å². The Morgan fingerprint density at radius 3 is 2.17 bits per heavy atom. The summed E-state index contributed by atoms with van der Waals surface area (Å²) in [5.74, 6) is -2.09. The Kier molecular flexibility index (Phi) is 4.64. The van der Waals surface area contributed by atoms with Crippen molar-refractivity contribution in [3.05, 3.63) is 29.3 Å². The molecule has 0 fully saturated rings. The molecule has 0 heterocycles. The summed E-state index contributed by atoms with van der Waals surface area (Å²) in [5, 5.41) is 7.14. The predicted molar refractivity (Wildman–Crippen MR) is 66.9 cm³/mol. The first-order valence-corrected chi connectivity index (χ1v) is 5.81. The lowest BCUT2D eigenvalue weighted by molar-refractivity contribution is 0.177. The molecule has 3 N–H and O–H groups in total. The average Bonchev–Trinajstić information content (AvgIpc) is 2.21. The van der Waals surface area contributed by atoms with Gasteiger partial charge in [-0.1, -0.05) is 13.8 Å². The van der Waals surface area contributed by atoms with Gasteiger partial charge in [-0.3, -0.25) is 5.41 Å². The van der Waals surface area contributed by atoms with Crippen LogP contribution in [0.1, 0.15) is 32.8 Å². The SMILES string of the molecule is CC(C)CC(C)Oc1c(F)cc(C(=N)N)cc1F. The third-order valence-electron chi connectivity index (χ3n) is 2.43. The minimum absolute atomic E-state index is 0.00821. The molecule has 1 atom stereocenters. The zero-order valence-corrected chi connectivity index (χ0v) is 10.8. The van der Waals surface area contributed by atoms with E-state index in [1.807, 2.05) is 13.8 Å². The van der Waals surface area contributed by atoms with E-state index in [-0.39, 0.29) is 17.5 Å². The molecule has 1 unspecified atom stereocenters. The number of rotatable bonds is 5. The van der Waals surface area contributed by atoms with Crippen molar-refractivity contribution in [2.45, 2.75) is 33.3 Å². The van der Waals surface area contributed by atoms with Gasteiger partial charge >= 0.3 is 0 Å². The average molecular weight is 256 g/mol. The van der Waals surface area contributed by atoms with Crippen molar-refractivity contribution in [2.24, 2.45) is 11.7 Å². The van der Waals surface area contributed by atoms with Crippen LogP contribution in [0.15, 0.2) is 12.1 Å². The lowest BCUT2D eigenvalue weighted by Crippen LogP contribution is -2.17. The van der Waals surface area contributed by atoms with E-state index in [0.29, 0.717) is 12.3 Å². The lowest BCUT2D eigenvalue weighted by atomic mass is 10.1. The highest BCUT2D eigenvalue weighted by Gasteiger charge is 2.17. The minimum atomic E-state index is -0.837. The second-order valence-electron chi connectivity index (χ2n) is 4.74. The molecule has 18 heavy (non-hydrogen) atoms. The van der Waals surface area contributed by atoms with Crippen molar-refractivity contribution < 1.29 is 13.5 Å². The van der Waals surface area contributed by atoms with Crippen LogP contribution in [0.3, 0.4) is 0 Å². The van der Waals surface area contributed by atoms with Gasteiger partial charge in [-0.05, 0) is 31.4 Å². The second-order valence-corrected chi connectivity index (χ2v) is 4.74. The van der Waals surface area contributed by atoms with Gasteiger partial charge in [0.2, 0.25) is 0 Å². The molecule has 0 spiro atoms. The van der Waals surface area contributed by atoms with E-state index in [1.165, 1.54) is 0 Å². The monoisotopic (exact) mass is 256 g/mol. The molecule has 0 aliphatic heterocycles. The number of hydrogen-bond acceptors (Lipinski definition) is 2. The molecule has 0 aromatic heterocycles. The Morgan fingerprint density at radius 2 is 1.78 bits per heavy atom. The van der Waals surface area contributed by atoms with Crippen LogP contribution in [0.4, 0.5) is 8.78 Å². The maximum atomic E-state index is 13.7. The molecule has 0 bridgehead atoms. The first kappa shape index (κ1) is 14.4. The molecule has 0 radical (unpaired) electrons. The third kappa shape index (κ3) is 3.68. The molecule has 5 heteroatoms.